The van der Waals surface area contributed by atoms with Crippen LogP contribution in [0.5, 0.6) is 0 Å². The van der Waals surface area contributed by atoms with Gasteiger partial charge in [0.25, 0.3) is 5.97 Å². The molecule has 1 aliphatic rings. The van der Waals surface area contributed by atoms with Gasteiger partial charge in [-0.05, 0) is 30.0 Å². The lowest BCUT2D eigenvalue weighted by Gasteiger charge is -2.02. The zero-order valence-electron chi connectivity index (χ0n) is 12.4. The number of aliphatic carboxylic acids is 1. The van der Waals surface area contributed by atoms with E-state index in [4.69, 9.17) is 27.1 Å². The first-order chi connectivity index (χ1) is 10.4. The van der Waals surface area contributed by atoms with Gasteiger partial charge in [0.05, 0.1) is 5.69 Å². The van der Waals surface area contributed by atoms with Crippen molar-refractivity contribution in [2.75, 3.05) is 6.54 Å². The van der Waals surface area contributed by atoms with E-state index in [0.29, 0.717) is 6.54 Å². The number of aliphatic imine (C=N–C) groups is 2. The molecule has 0 saturated heterocycles. The van der Waals surface area contributed by atoms with E-state index in [9.17, 15) is 0 Å². The first-order valence-electron chi connectivity index (χ1n) is 6.62. The Morgan fingerprint density at radius 1 is 1.41 bits per heavy atom. The number of carbonyl (C=O) groups is 1. The second-order valence-electron chi connectivity index (χ2n) is 4.49. The molecule has 1 aromatic rings. The highest BCUT2D eigenvalue weighted by Gasteiger charge is 2.13. The Balaban J connectivity index is 0.000000541. The molecule has 8 heteroatoms. The van der Waals surface area contributed by atoms with Gasteiger partial charge in [-0.15, -0.1) is 0 Å². The molecule has 0 unspecified atom stereocenters. The van der Waals surface area contributed by atoms with Gasteiger partial charge >= 0.3 is 0 Å². The zero-order valence-corrected chi connectivity index (χ0v) is 12.4. The van der Waals surface area contributed by atoms with Crippen molar-refractivity contribution in [1.29, 1.82) is 0 Å². The molecule has 2 rings (SSSR count). The maximum absolute atomic E-state index is 9.00. The summed E-state index contributed by atoms with van der Waals surface area (Å²) in [4.78, 5) is 21.1. The number of nitrogens with zero attached hydrogens (tertiary/aromatic N) is 3. The van der Waals surface area contributed by atoms with Crippen molar-refractivity contribution in [3.63, 3.8) is 0 Å². The van der Waals surface area contributed by atoms with Crippen molar-refractivity contribution in [2.45, 2.75) is 19.8 Å². The van der Waals surface area contributed by atoms with Crippen LogP contribution in [0, 0.1) is 0 Å². The van der Waals surface area contributed by atoms with Crippen LogP contribution in [0.4, 0.5) is 0 Å². The van der Waals surface area contributed by atoms with E-state index < -0.39 is 5.97 Å². The number of fused-ring (bicyclic) bond motifs is 1. The van der Waals surface area contributed by atoms with Crippen molar-refractivity contribution < 1.29 is 9.90 Å². The Morgan fingerprint density at radius 2 is 2.09 bits per heavy atom. The standard InChI is InChI=1S/C12H16N6.C2H4O2/c13-11(14)18-12(15)17-7-5-9-4-3-8-2-1-6-16-10(8)9;1-2(3)4/h1-2,4,6H,3,5,7H2,(H6,13,14,15,17,18);1H3,(H,3,4). The fourth-order valence-electron chi connectivity index (χ4n) is 1.90. The number of carboxylic acid groups (broad SMARTS) is 1. The average molecular weight is 304 g/mol. The number of allylic oxidation sites excluding steroid dienone is 1. The van der Waals surface area contributed by atoms with E-state index in [1.54, 1.807) is 6.20 Å². The van der Waals surface area contributed by atoms with Crippen LogP contribution in [0.15, 0.2) is 34.4 Å². The van der Waals surface area contributed by atoms with Gasteiger partial charge in [-0.3, -0.25) is 14.8 Å². The van der Waals surface area contributed by atoms with E-state index >= 15 is 0 Å². The van der Waals surface area contributed by atoms with E-state index in [1.807, 2.05) is 6.07 Å². The van der Waals surface area contributed by atoms with Crippen LogP contribution in [0.1, 0.15) is 24.6 Å². The minimum atomic E-state index is -0.833. The fraction of sp³-hybridized carbons (Fsp3) is 0.286. The predicted molar refractivity (Wildman–Crippen MR) is 86.1 cm³/mol. The number of hydrogen-bond donors (Lipinski definition) is 4. The van der Waals surface area contributed by atoms with Crippen LogP contribution in [0.3, 0.4) is 0 Å². The number of rotatable bonds is 3. The summed E-state index contributed by atoms with van der Waals surface area (Å²) >= 11 is 0. The third-order valence-electron chi connectivity index (χ3n) is 2.66. The van der Waals surface area contributed by atoms with E-state index in [1.165, 1.54) is 11.1 Å². The van der Waals surface area contributed by atoms with Crippen LogP contribution < -0.4 is 17.2 Å². The molecule has 0 atom stereocenters. The fourth-order valence-corrected chi connectivity index (χ4v) is 1.90. The molecule has 0 aliphatic heterocycles. The summed E-state index contributed by atoms with van der Waals surface area (Å²) in [6.45, 7) is 1.63. The molecule has 0 radical (unpaired) electrons. The number of nitrogens with two attached hydrogens (primary N) is 3. The first-order valence-corrected chi connectivity index (χ1v) is 6.62. The van der Waals surface area contributed by atoms with Crippen molar-refractivity contribution in [2.24, 2.45) is 27.2 Å². The molecule has 118 valence electrons. The van der Waals surface area contributed by atoms with E-state index in [-0.39, 0.29) is 11.9 Å². The molecule has 1 heterocycles. The lowest BCUT2D eigenvalue weighted by molar-refractivity contribution is -0.134. The Bertz CT molecular complexity index is 614. The summed E-state index contributed by atoms with van der Waals surface area (Å²) in [7, 11) is 0. The van der Waals surface area contributed by atoms with Crippen LogP contribution in [0.2, 0.25) is 0 Å². The molecule has 8 nitrogen and oxygen atoms in total. The normalized spacial score (nSPS) is 12.6. The summed E-state index contributed by atoms with van der Waals surface area (Å²) < 4.78 is 0. The van der Waals surface area contributed by atoms with Crippen molar-refractivity contribution >= 4 is 23.5 Å². The molecule has 0 amide bonds. The maximum atomic E-state index is 9.00. The molecular formula is C14H20N6O2. The van der Waals surface area contributed by atoms with Crippen LogP contribution in [0.25, 0.3) is 5.57 Å². The summed E-state index contributed by atoms with van der Waals surface area (Å²) in [5.74, 6) is -0.807. The molecule has 22 heavy (non-hydrogen) atoms. The Hall–Kier alpha value is -2.90. The molecule has 1 aromatic heterocycles. The average Bonchev–Trinajstić information content (AvgIpc) is 2.81. The molecule has 0 fully saturated rings. The molecule has 7 N–H and O–H groups in total. The number of hydrogen-bond acceptors (Lipinski definition) is 3. The summed E-state index contributed by atoms with van der Waals surface area (Å²) in [6.07, 6.45) is 5.69. The number of guanidine groups is 2. The summed E-state index contributed by atoms with van der Waals surface area (Å²) in [5, 5.41) is 7.42. The van der Waals surface area contributed by atoms with E-state index in [0.717, 1.165) is 25.5 Å². The highest BCUT2D eigenvalue weighted by atomic mass is 16.4. The van der Waals surface area contributed by atoms with Crippen molar-refractivity contribution in [3.05, 3.63) is 35.7 Å². The summed E-state index contributed by atoms with van der Waals surface area (Å²) in [6, 6.07) is 4.04. The first kappa shape index (κ1) is 17.2. The van der Waals surface area contributed by atoms with Crippen LogP contribution >= 0.6 is 0 Å². The van der Waals surface area contributed by atoms with Gasteiger partial charge in [-0.2, -0.15) is 4.99 Å². The lowest BCUT2D eigenvalue weighted by Crippen LogP contribution is -2.26. The quantitative estimate of drug-likeness (QED) is 0.458. The largest absolute Gasteiger partial charge is 0.481 e. The molecule has 0 bridgehead atoms. The molecule has 1 aliphatic carbocycles. The van der Waals surface area contributed by atoms with Gasteiger partial charge in [0.1, 0.15) is 0 Å². The van der Waals surface area contributed by atoms with Gasteiger partial charge in [0.15, 0.2) is 5.96 Å². The van der Waals surface area contributed by atoms with Crippen LogP contribution in [-0.2, 0) is 11.2 Å². The van der Waals surface area contributed by atoms with Gasteiger partial charge in [0.2, 0.25) is 5.96 Å². The molecule has 0 aromatic carbocycles. The smallest absolute Gasteiger partial charge is 0.300 e. The van der Waals surface area contributed by atoms with Gasteiger partial charge < -0.3 is 22.3 Å². The number of pyridine rings is 1. The zero-order chi connectivity index (χ0) is 16.5. The third kappa shape index (κ3) is 6.04. The predicted octanol–water partition coefficient (Wildman–Crippen LogP) is 0.0902. The van der Waals surface area contributed by atoms with Gasteiger partial charge in [-0.1, -0.05) is 12.1 Å². The Labute approximate surface area is 128 Å². The topological polar surface area (TPSA) is 153 Å². The van der Waals surface area contributed by atoms with E-state index in [2.05, 4.69) is 27.1 Å². The second kappa shape index (κ2) is 8.40. The Kier molecular flexibility index (Phi) is 6.55. The van der Waals surface area contributed by atoms with Crippen molar-refractivity contribution in [3.8, 4) is 0 Å². The van der Waals surface area contributed by atoms with Gasteiger partial charge in [0, 0.05) is 19.7 Å². The number of carboxylic acids is 1. The monoisotopic (exact) mass is 304 g/mol. The minimum Gasteiger partial charge on any atom is -0.481 e. The SMILES string of the molecule is CC(=O)O.NC(N)=NC(N)=NCCC1=CCc2cccnc21. The molecule has 0 saturated carbocycles. The third-order valence-corrected chi connectivity index (χ3v) is 2.66. The summed E-state index contributed by atoms with van der Waals surface area (Å²) in [5.41, 5.74) is 19.4. The van der Waals surface area contributed by atoms with Crippen molar-refractivity contribution in [1.82, 2.24) is 4.98 Å². The molecular weight excluding hydrogens is 284 g/mol. The minimum absolute atomic E-state index is 0.0802. The van der Waals surface area contributed by atoms with Gasteiger partial charge in [-0.25, -0.2) is 0 Å². The Morgan fingerprint density at radius 3 is 2.73 bits per heavy atom. The second-order valence-corrected chi connectivity index (χ2v) is 4.49. The van der Waals surface area contributed by atoms with Crippen LogP contribution in [-0.4, -0.2) is 34.5 Å². The number of aromatic nitrogens is 1. The molecule has 0 spiro atoms. The highest BCUT2D eigenvalue weighted by molar-refractivity contribution is 5.92. The lowest BCUT2D eigenvalue weighted by atomic mass is 10.1. The highest BCUT2D eigenvalue weighted by Crippen LogP contribution is 2.27. The maximum Gasteiger partial charge on any atom is 0.300 e.